The van der Waals surface area contributed by atoms with Crippen molar-refractivity contribution in [2.45, 2.75) is 6.92 Å². The SMILES string of the molecule is COc1ccccc1-n1nnn(C(=O)N(c2ccccc2)c2ccc(C)cc2)c1=O. The maximum atomic E-state index is 13.4. The highest BCUT2D eigenvalue weighted by molar-refractivity contribution is 6.00. The van der Waals surface area contributed by atoms with Gasteiger partial charge in [0.05, 0.1) is 18.5 Å². The molecule has 0 aliphatic heterocycles. The predicted octanol–water partition coefficient (Wildman–Crippen LogP) is 3.55. The van der Waals surface area contributed by atoms with E-state index in [1.807, 2.05) is 49.4 Å². The van der Waals surface area contributed by atoms with Crippen LogP contribution in [0.3, 0.4) is 0 Å². The van der Waals surface area contributed by atoms with Gasteiger partial charge in [0.1, 0.15) is 11.4 Å². The lowest BCUT2D eigenvalue weighted by Crippen LogP contribution is -2.38. The summed E-state index contributed by atoms with van der Waals surface area (Å²) in [5.74, 6) is 0.442. The molecule has 0 aliphatic rings. The van der Waals surface area contributed by atoms with Crippen LogP contribution in [-0.2, 0) is 0 Å². The third kappa shape index (κ3) is 3.46. The second-order valence-electron chi connectivity index (χ2n) is 6.55. The number of hydrogen-bond donors (Lipinski definition) is 0. The van der Waals surface area contributed by atoms with Gasteiger partial charge in [-0.1, -0.05) is 48.0 Å². The average Bonchev–Trinajstić information content (AvgIpc) is 3.17. The summed E-state index contributed by atoms with van der Waals surface area (Å²) in [5, 5.41) is 7.72. The van der Waals surface area contributed by atoms with Gasteiger partial charge in [-0.15, -0.1) is 4.68 Å². The number of carbonyl (C=O) groups excluding carboxylic acids is 1. The molecule has 1 heterocycles. The van der Waals surface area contributed by atoms with E-state index in [2.05, 4.69) is 10.4 Å². The third-order valence-electron chi connectivity index (χ3n) is 4.57. The van der Waals surface area contributed by atoms with Gasteiger partial charge in [0, 0.05) is 0 Å². The fourth-order valence-electron chi connectivity index (χ4n) is 3.06. The lowest BCUT2D eigenvalue weighted by atomic mass is 10.2. The highest BCUT2D eigenvalue weighted by atomic mass is 16.5. The largest absolute Gasteiger partial charge is 0.494 e. The Bertz CT molecular complexity index is 1230. The first-order chi connectivity index (χ1) is 14.6. The smallest absolute Gasteiger partial charge is 0.377 e. The zero-order valence-electron chi connectivity index (χ0n) is 16.5. The number of rotatable bonds is 4. The molecule has 3 aromatic carbocycles. The molecule has 0 bridgehead atoms. The summed E-state index contributed by atoms with van der Waals surface area (Å²) < 4.78 is 7.06. The lowest BCUT2D eigenvalue weighted by Gasteiger charge is -2.22. The first-order valence-electron chi connectivity index (χ1n) is 9.25. The standard InChI is InChI=1S/C22H19N5O3/c1-16-12-14-18(15-13-16)25(17-8-4-3-5-9-17)21(28)27-22(29)26(23-24-27)19-10-6-7-11-20(19)30-2/h3-15H,1-2H3. The average molecular weight is 401 g/mol. The number of nitrogens with zero attached hydrogens (tertiary/aromatic N) is 5. The molecular formula is C22H19N5O3. The van der Waals surface area contributed by atoms with Crippen molar-refractivity contribution in [2.24, 2.45) is 0 Å². The van der Waals surface area contributed by atoms with Crippen LogP contribution >= 0.6 is 0 Å². The zero-order valence-corrected chi connectivity index (χ0v) is 16.5. The molecule has 1 amide bonds. The number of aryl methyl sites for hydroxylation is 1. The van der Waals surface area contributed by atoms with Crippen LogP contribution in [0, 0.1) is 6.92 Å². The molecule has 8 heteroatoms. The van der Waals surface area contributed by atoms with E-state index in [9.17, 15) is 9.59 Å². The van der Waals surface area contributed by atoms with E-state index in [4.69, 9.17) is 4.74 Å². The van der Waals surface area contributed by atoms with E-state index in [0.29, 0.717) is 22.8 Å². The molecule has 4 rings (SSSR count). The number of aromatic nitrogens is 4. The van der Waals surface area contributed by atoms with Gasteiger partial charge in [-0.3, -0.25) is 4.90 Å². The van der Waals surface area contributed by atoms with Gasteiger partial charge in [0.2, 0.25) is 0 Å². The number of tetrazole rings is 1. The van der Waals surface area contributed by atoms with Crippen LogP contribution in [0.25, 0.3) is 5.69 Å². The van der Waals surface area contributed by atoms with Crippen molar-refractivity contribution in [2.75, 3.05) is 12.0 Å². The zero-order chi connectivity index (χ0) is 21.1. The van der Waals surface area contributed by atoms with Crippen molar-refractivity contribution in [3.63, 3.8) is 0 Å². The Morgan fingerprint density at radius 3 is 2.20 bits per heavy atom. The number of hydrogen-bond acceptors (Lipinski definition) is 5. The summed E-state index contributed by atoms with van der Waals surface area (Å²) in [7, 11) is 1.49. The van der Waals surface area contributed by atoms with Crippen molar-refractivity contribution in [1.82, 2.24) is 19.8 Å². The molecule has 0 N–H and O–H groups in total. The van der Waals surface area contributed by atoms with Gasteiger partial charge in [-0.05, 0) is 53.7 Å². The molecule has 0 saturated carbocycles. The van der Waals surface area contributed by atoms with Gasteiger partial charge in [-0.2, -0.15) is 4.68 Å². The molecule has 0 atom stereocenters. The molecular weight excluding hydrogens is 382 g/mol. The molecule has 1 aromatic heterocycles. The van der Waals surface area contributed by atoms with E-state index in [0.717, 1.165) is 14.9 Å². The van der Waals surface area contributed by atoms with E-state index in [1.54, 1.807) is 36.4 Å². The number of methoxy groups -OCH3 is 1. The van der Waals surface area contributed by atoms with Crippen molar-refractivity contribution in [3.8, 4) is 11.4 Å². The molecule has 4 aromatic rings. The molecule has 0 radical (unpaired) electrons. The van der Waals surface area contributed by atoms with Crippen LogP contribution < -0.4 is 15.3 Å². The number of ether oxygens (including phenoxy) is 1. The van der Waals surface area contributed by atoms with Crippen LogP contribution in [0.1, 0.15) is 5.56 Å². The molecule has 30 heavy (non-hydrogen) atoms. The Kier molecular flexibility index (Phi) is 5.13. The number of carbonyl (C=O) groups is 1. The third-order valence-corrected chi connectivity index (χ3v) is 4.57. The normalized spacial score (nSPS) is 10.6. The van der Waals surface area contributed by atoms with Gasteiger partial charge in [0.25, 0.3) is 0 Å². The summed E-state index contributed by atoms with van der Waals surface area (Å²) in [6.07, 6.45) is 0. The summed E-state index contributed by atoms with van der Waals surface area (Å²) in [6.45, 7) is 1.96. The van der Waals surface area contributed by atoms with Gasteiger partial charge >= 0.3 is 11.7 Å². The van der Waals surface area contributed by atoms with E-state index in [-0.39, 0.29) is 0 Å². The summed E-state index contributed by atoms with van der Waals surface area (Å²) in [4.78, 5) is 27.8. The molecule has 150 valence electrons. The van der Waals surface area contributed by atoms with Gasteiger partial charge < -0.3 is 4.74 Å². The molecule has 0 saturated heterocycles. The first-order valence-corrected chi connectivity index (χ1v) is 9.25. The predicted molar refractivity (Wildman–Crippen MR) is 113 cm³/mol. The molecule has 0 spiro atoms. The highest BCUT2D eigenvalue weighted by Gasteiger charge is 2.25. The number of para-hydroxylation sites is 3. The molecule has 0 unspecified atom stereocenters. The molecule has 8 nitrogen and oxygen atoms in total. The van der Waals surface area contributed by atoms with Crippen LogP contribution in [0.5, 0.6) is 5.75 Å². The van der Waals surface area contributed by atoms with E-state index >= 15 is 0 Å². The molecule has 0 fully saturated rings. The fourth-order valence-corrected chi connectivity index (χ4v) is 3.06. The molecule has 0 aliphatic carbocycles. The van der Waals surface area contributed by atoms with Crippen LogP contribution in [0.15, 0.2) is 83.7 Å². The van der Waals surface area contributed by atoms with Crippen molar-refractivity contribution >= 4 is 17.4 Å². The van der Waals surface area contributed by atoms with Crippen LogP contribution in [0.4, 0.5) is 16.2 Å². The van der Waals surface area contributed by atoms with Gasteiger partial charge in [-0.25, -0.2) is 9.59 Å². The topological polar surface area (TPSA) is 82.2 Å². The number of anilines is 2. The Labute approximate surface area is 172 Å². The Balaban J connectivity index is 1.81. The van der Waals surface area contributed by atoms with Crippen LogP contribution in [0.2, 0.25) is 0 Å². The quantitative estimate of drug-likeness (QED) is 0.489. The van der Waals surface area contributed by atoms with E-state index in [1.165, 1.54) is 12.0 Å². The lowest BCUT2D eigenvalue weighted by molar-refractivity contribution is 0.246. The van der Waals surface area contributed by atoms with Crippen molar-refractivity contribution in [3.05, 3.63) is 94.9 Å². The van der Waals surface area contributed by atoms with Crippen LogP contribution in [-0.4, -0.2) is 32.9 Å². The second-order valence-corrected chi connectivity index (χ2v) is 6.55. The first kappa shape index (κ1) is 19.1. The monoisotopic (exact) mass is 401 g/mol. The summed E-state index contributed by atoms with van der Waals surface area (Å²) in [5.41, 5.74) is 1.96. The maximum Gasteiger partial charge on any atom is 0.377 e. The second kappa shape index (κ2) is 8.04. The summed E-state index contributed by atoms with van der Waals surface area (Å²) >= 11 is 0. The summed E-state index contributed by atoms with van der Waals surface area (Å²) in [6, 6.07) is 22.7. The minimum atomic E-state index is -0.697. The van der Waals surface area contributed by atoms with E-state index < -0.39 is 11.7 Å². The van der Waals surface area contributed by atoms with Gasteiger partial charge in [0.15, 0.2) is 0 Å². The van der Waals surface area contributed by atoms with Crippen molar-refractivity contribution in [1.29, 1.82) is 0 Å². The number of benzene rings is 3. The minimum Gasteiger partial charge on any atom is -0.494 e. The Morgan fingerprint density at radius 1 is 0.867 bits per heavy atom. The Hall–Kier alpha value is -4.20. The fraction of sp³-hybridized carbons (Fsp3) is 0.0909. The highest BCUT2D eigenvalue weighted by Crippen LogP contribution is 2.26. The Morgan fingerprint density at radius 2 is 1.50 bits per heavy atom. The number of amides is 1. The maximum absolute atomic E-state index is 13.4. The minimum absolute atomic E-state index is 0.394. The van der Waals surface area contributed by atoms with Crippen molar-refractivity contribution < 1.29 is 9.53 Å².